The molecule has 0 aliphatic carbocycles. The zero-order valence-electron chi connectivity index (χ0n) is 10.2. The standard InChI is InChI=1S/C14H14N2O/c1-4-17-14-12(8-15)7-11-6-9(2)5-10(3)13(11)16-14/h5-7H,4H2,1-3H3. The maximum absolute atomic E-state index is 9.07. The maximum atomic E-state index is 9.07. The number of aromatic nitrogens is 1. The Kier molecular flexibility index (Phi) is 2.97. The van der Waals surface area contributed by atoms with E-state index in [0.29, 0.717) is 18.1 Å². The molecule has 1 heterocycles. The normalized spacial score (nSPS) is 10.2. The van der Waals surface area contributed by atoms with Gasteiger partial charge in [-0.3, -0.25) is 0 Å². The van der Waals surface area contributed by atoms with Crippen LogP contribution in [0.15, 0.2) is 18.2 Å². The second kappa shape index (κ2) is 4.42. The lowest BCUT2D eigenvalue weighted by molar-refractivity contribution is 0.327. The van der Waals surface area contributed by atoms with E-state index in [1.54, 1.807) is 0 Å². The first-order valence-electron chi connectivity index (χ1n) is 5.60. The Morgan fingerprint density at radius 1 is 1.29 bits per heavy atom. The Morgan fingerprint density at radius 3 is 2.71 bits per heavy atom. The second-order valence-corrected chi connectivity index (χ2v) is 4.04. The second-order valence-electron chi connectivity index (χ2n) is 4.04. The largest absolute Gasteiger partial charge is 0.477 e. The van der Waals surface area contributed by atoms with Crippen molar-refractivity contribution in [3.05, 3.63) is 34.9 Å². The summed E-state index contributed by atoms with van der Waals surface area (Å²) < 4.78 is 5.39. The fourth-order valence-electron chi connectivity index (χ4n) is 1.96. The van der Waals surface area contributed by atoms with Gasteiger partial charge in [-0.05, 0) is 38.5 Å². The molecule has 2 aromatic rings. The number of nitrogens with zero attached hydrogens (tertiary/aromatic N) is 2. The van der Waals surface area contributed by atoms with E-state index in [2.05, 4.69) is 17.1 Å². The number of hydrogen-bond acceptors (Lipinski definition) is 3. The van der Waals surface area contributed by atoms with Crippen molar-refractivity contribution < 1.29 is 4.74 Å². The predicted octanol–water partition coefficient (Wildman–Crippen LogP) is 3.12. The minimum Gasteiger partial charge on any atom is -0.477 e. The number of rotatable bonds is 2. The molecule has 0 fully saturated rings. The van der Waals surface area contributed by atoms with Crippen LogP contribution in [0, 0.1) is 25.2 Å². The molecule has 3 heteroatoms. The Labute approximate surface area is 101 Å². The third-order valence-corrected chi connectivity index (χ3v) is 2.62. The molecule has 0 aliphatic rings. The van der Waals surface area contributed by atoms with Gasteiger partial charge in [0.1, 0.15) is 11.6 Å². The highest BCUT2D eigenvalue weighted by Gasteiger charge is 2.09. The van der Waals surface area contributed by atoms with Crippen LogP contribution in [0.4, 0.5) is 0 Å². The minimum atomic E-state index is 0.425. The Hall–Kier alpha value is -2.08. The summed E-state index contributed by atoms with van der Waals surface area (Å²) in [7, 11) is 0. The summed E-state index contributed by atoms with van der Waals surface area (Å²) in [6.45, 7) is 6.45. The van der Waals surface area contributed by atoms with Crippen molar-refractivity contribution in [3.63, 3.8) is 0 Å². The average molecular weight is 226 g/mol. The number of aryl methyl sites for hydroxylation is 2. The molecule has 0 saturated heterocycles. The van der Waals surface area contributed by atoms with Crippen LogP contribution < -0.4 is 4.74 Å². The van der Waals surface area contributed by atoms with E-state index in [1.807, 2.05) is 32.9 Å². The molecule has 86 valence electrons. The monoisotopic (exact) mass is 226 g/mol. The zero-order chi connectivity index (χ0) is 12.4. The van der Waals surface area contributed by atoms with Crippen LogP contribution in [-0.2, 0) is 0 Å². The van der Waals surface area contributed by atoms with E-state index < -0.39 is 0 Å². The lowest BCUT2D eigenvalue weighted by Gasteiger charge is -2.08. The van der Waals surface area contributed by atoms with Gasteiger partial charge in [-0.2, -0.15) is 5.26 Å². The molecule has 3 nitrogen and oxygen atoms in total. The lowest BCUT2D eigenvalue weighted by Crippen LogP contribution is -1.98. The molecule has 1 aromatic heterocycles. The molecule has 0 bridgehead atoms. The molecule has 0 amide bonds. The van der Waals surface area contributed by atoms with Crippen LogP contribution in [-0.4, -0.2) is 11.6 Å². The number of fused-ring (bicyclic) bond motifs is 1. The van der Waals surface area contributed by atoms with Gasteiger partial charge < -0.3 is 4.74 Å². The molecular weight excluding hydrogens is 212 g/mol. The smallest absolute Gasteiger partial charge is 0.232 e. The van der Waals surface area contributed by atoms with Crippen LogP contribution in [0.3, 0.4) is 0 Å². The highest BCUT2D eigenvalue weighted by Crippen LogP contribution is 2.25. The van der Waals surface area contributed by atoms with Crippen molar-refractivity contribution in [2.24, 2.45) is 0 Å². The molecule has 0 unspecified atom stereocenters. The van der Waals surface area contributed by atoms with E-state index in [4.69, 9.17) is 10.00 Å². The third-order valence-electron chi connectivity index (χ3n) is 2.62. The van der Waals surface area contributed by atoms with Crippen LogP contribution in [0.5, 0.6) is 5.88 Å². The van der Waals surface area contributed by atoms with Gasteiger partial charge in [0.15, 0.2) is 0 Å². The van der Waals surface area contributed by atoms with Gasteiger partial charge in [0.05, 0.1) is 12.1 Å². The molecule has 1 aromatic carbocycles. The van der Waals surface area contributed by atoms with Gasteiger partial charge in [-0.1, -0.05) is 11.6 Å². The maximum Gasteiger partial charge on any atom is 0.232 e. The van der Waals surface area contributed by atoms with Gasteiger partial charge in [-0.25, -0.2) is 4.98 Å². The molecule has 0 saturated carbocycles. The van der Waals surface area contributed by atoms with E-state index in [1.165, 1.54) is 5.56 Å². The predicted molar refractivity (Wildman–Crippen MR) is 67.1 cm³/mol. The SMILES string of the molecule is CCOc1nc2c(C)cc(C)cc2cc1C#N. The Bertz CT molecular complexity index is 612. The molecule has 0 atom stereocenters. The average Bonchev–Trinajstić information content (AvgIpc) is 2.29. The number of benzene rings is 1. The highest BCUT2D eigenvalue weighted by atomic mass is 16.5. The molecule has 2 rings (SSSR count). The first-order valence-corrected chi connectivity index (χ1v) is 5.60. The van der Waals surface area contributed by atoms with Gasteiger partial charge in [-0.15, -0.1) is 0 Å². The summed E-state index contributed by atoms with van der Waals surface area (Å²) in [6, 6.07) is 8.08. The van der Waals surface area contributed by atoms with E-state index >= 15 is 0 Å². The van der Waals surface area contributed by atoms with Crippen molar-refractivity contribution in [2.75, 3.05) is 6.61 Å². The first kappa shape index (κ1) is 11.4. The number of pyridine rings is 1. The highest BCUT2D eigenvalue weighted by molar-refractivity contribution is 5.84. The van der Waals surface area contributed by atoms with Crippen molar-refractivity contribution >= 4 is 10.9 Å². The summed E-state index contributed by atoms with van der Waals surface area (Å²) in [5, 5.41) is 10.1. The first-order chi connectivity index (χ1) is 8.15. The molecule has 0 N–H and O–H groups in total. The number of hydrogen-bond donors (Lipinski definition) is 0. The van der Waals surface area contributed by atoms with Crippen molar-refractivity contribution in [3.8, 4) is 11.9 Å². The van der Waals surface area contributed by atoms with E-state index in [0.717, 1.165) is 16.5 Å². The quantitative estimate of drug-likeness (QED) is 0.790. The van der Waals surface area contributed by atoms with Gasteiger partial charge in [0.2, 0.25) is 5.88 Å². The minimum absolute atomic E-state index is 0.425. The van der Waals surface area contributed by atoms with Crippen LogP contribution in [0.25, 0.3) is 10.9 Å². The Balaban J connectivity index is 2.75. The van der Waals surface area contributed by atoms with Crippen molar-refractivity contribution in [1.82, 2.24) is 4.98 Å². The summed E-state index contributed by atoms with van der Waals surface area (Å²) in [5.74, 6) is 0.425. The van der Waals surface area contributed by atoms with Gasteiger partial charge in [0.25, 0.3) is 0 Å². The molecule has 17 heavy (non-hydrogen) atoms. The van der Waals surface area contributed by atoms with Crippen LogP contribution in [0.2, 0.25) is 0 Å². The van der Waals surface area contributed by atoms with Crippen molar-refractivity contribution in [1.29, 1.82) is 5.26 Å². The van der Waals surface area contributed by atoms with Crippen molar-refractivity contribution in [2.45, 2.75) is 20.8 Å². The summed E-state index contributed by atoms with van der Waals surface area (Å²) in [4.78, 5) is 4.43. The topological polar surface area (TPSA) is 45.9 Å². The zero-order valence-corrected chi connectivity index (χ0v) is 10.2. The summed E-state index contributed by atoms with van der Waals surface area (Å²) in [6.07, 6.45) is 0. The van der Waals surface area contributed by atoms with E-state index in [9.17, 15) is 0 Å². The molecular formula is C14H14N2O. The van der Waals surface area contributed by atoms with E-state index in [-0.39, 0.29) is 0 Å². The third kappa shape index (κ3) is 2.07. The van der Waals surface area contributed by atoms with Crippen LogP contribution in [0.1, 0.15) is 23.6 Å². The summed E-state index contributed by atoms with van der Waals surface area (Å²) >= 11 is 0. The fourth-order valence-corrected chi connectivity index (χ4v) is 1.96. The Morgan fingerprint density at radius 2 is 2.06 bits per heavy atom. The van der Waals surface area contributed by atoms with Crippen LogP contribution >= 0.6 is 0 Å². The fraction of sp³-hybridized carbons (Fsp3) is 0.286. The number of nitriles is 1. The lowest BCUT2D eigenvalue weighted by atomic mass is 10.1. The van der Waals surface area contributed by atoms with Gasteiger partial charge in [0, 0.05) is 5.39 Å². The number of ether oxygens (including phenoxy) is 1. The van der Waals surface area contributed by atoms with Gasteiger partial charge >= 0.3 is 0 Å². The molecule has 0 aliphatic heterocycles. The molecule has 0 radical (unpaired) electrons. The summed E-state index contributed by atoms with van der Waals surface area (Å²) in [5.41, 5.74) is 3.66. The molecule has 0 spiro atoms.